The molecule has 2 heterocycles. The zero-order valence-corrected chi connectivity index (χ0v) is 10.5. The molecule has 0 aliphatic carbocycles. The van der Waals surface area contributed by atoms with Gasteiger partial charge in [0.2, 0.25) is 0 Å². The molecule has 0 saturated carbocycles. The number of carbonyl (C=O) groups is 1. The van der Waals surface area contributed by atoms with Crippen molar-refractivity contribution in [2.45, 2.75) is 0 Å². The van der Waals surface area contributed by atoms with Crippen molar-refractivity contribution in [1.82, 2.24) is 0 Å². The van der Waals surface area contributed by atoms with Gasteiger partial charge in [-0.15, -0.1) is 0 Å². The molecule has 0 atom stereocenters. The van der Waals surface area contributed by atoms with E-state index in [0.29, 0.717) is 5.76 Å². The van der Waals surface area contributed by atoms with Crippen molar-refractivity contribution in [3.05, 3.63) is 77.9 Å². The van der Waals surface area contributed by atoms with E-state index < -0.39 is 5.97 Å². The largest absolute Gasteiger partial charge is 0.459 e. The molecule has 0 saturated heterocycles. The summed E-state index contributed by atoms with van der Waals surface area (Å²) in [5.74, 6) is 0.155. The number of carbonyl (C=O) groups excluding carboxylic acids is 1. The van der Waals surface area contributed by atoms with E-state index in [2.05, 4.69) is 4.99 Å². The van der Waals surface area contributed by atoms with Gasteiger partial charge in [-0.05, 0) is 23.8 Å². The van der Waals surface area contributed by atoms with Crippen LogP contribution in [0.1, 0.15) is 11.3 Å². The maximum absolute atomic E-state index is 11.6. The zero-order chi connectivity index (χ0) is 13.8. The molecule has 0 fully saturated rings. The summed E-state index contributed by atoms with van der Waals surface area (Å²) < 4.78 is 10.2. The molecule has 3 rings (SSSR count). The van der Waals surface area contributed by atoms with Gasteiger partial charge < -0.3 is 9.15 Å². The molecule has 0 radical (unpaired) electrons. The third-order valence-electron chi connectivity index (χ3n) is 2.69. The molecule has 98 valence electrons. The third kappa shape index (κ3) is 2.59. The molecule has 4 nitrogen and oxygen atoms in total. The molecule has 1 aromatic heterocycles. The van der Waals surface area contributed by atoms with Crippen molar-refractivity contribution in [2.75, 3.05) is 0 Å². The van der Waals surface area contributed by atoms with Gasteiger partial charge in [0.25, 0.3) is 5.90 Å². The molecule has 1 aliphatic rings. The molecule has 0 spiro atoms. The maximum Gasteiger partial charge on any atom is 0.363 e. The number of cyclic esters (lactones) is 1. The predicted molar refractivity (Wildman–Crippen MR) is 74.9 cm³/mol. The fourth-order valence-corrected chi connectivity index (χ4v) is 1.74. The highest BCUT2D eigenvalue weighted by Gasteiger charge is 2.25. The number of ether oxygens (including phenoxy) is 1. The zero-order valence-electron chi connectivity index (χ0n) is 10.5. The maximum atomic E-state index is 11.6. The average molecular weight is 265 g/mol. The van der Waals surface area contributed by atoms with Crippen molar-refractivity contribution in [2.24, 2.45) is 4.99 Å². The summed E-state index contributed by atoms with van der Waals surface area (Å²) in [5, 5.41) is 0. The fourth-order valence-electron chi connectivity index (χ4n) is 1.74. The Morgan fingerprint density at radius 1 is 1.05 bits per heavy atom. The SMILES string of the molecule is O=C1OC(c2ccco2)=N/C1=C/C=C\c1ccccc1. The topological polar surface area (TPSA) is 51.8 Å². The minimum atomic E-state index is -0.478. The molecule has 1 aromatic carbocycles. The van der Waals surface area contributed by atoms with E-state index in [9.17, 15) is 4.79 Å². The molecule has 0 amide bonds. The smallest absolute Gasteiger partial charge is 0.363 e. The summed E-state index contributed by atoms with van der Waals surface area (Å²) in [7, 11) is 0. The van der Waals surface area contributed by atoms with Gasteiger partial charge >= 0.3 is 5.97 Å². The van der Waals surface area contributed by atoms with Crippen molar-refractivity contribution in [3.8, 4) is 0 Å². The Labute approximate surface area is 115 Å². The van der Waals surface area contributed by atoms with Gasteiger partial charge in [-0.1, -0.05) is 42.5 Å². The van der Waals surface area contributed by atoms with Crippen LogP contribution in [-0.2, 0) is 9.53 Å². The highest BCUT2D eigenvalue weighted by molar-refractivity contribution is 6.10. The van der Waals surface area contributed by atoms with Crippen LogP contribution in [0.2, 0.25) is 0 Å². The Hall–Kier alpha value is -2.88. The Morgan fingerprint density at radius 2 is 1.90 bits per heavy atom. The van der Waals surface area contributed by atoms with Crippen molar-refractivity contribution >= 4 is 17.9 Å². The molecular weight excluding hydrogens is 254 g/mol. The molecule has 0 unspecified atom stereocenters. The van der Waals surface area contributed by atoms with Crippen molar-refractivity contribution in [3.63, 3.8) is 0 Å². The normalized spacial score (nSPS) is 16.7. The van der Waals surface area contributed by atoms with Gasteiger partial charge in [-0.25, -0.2) is 9.79 Å². The molecule has 1 aliphatic heterocycles. The highest BCUT2D eigenvalue weighted by Crippen LogP contribution is 2.16. The fraction of sp³-hybridized carbons (Fsp3) is 0. The first-order valence-corrected chi connectivity index (χ1v) is 6.11. The van der Waals surface area contributed by atoms with Crippen LogP contribution in [0.4, 0.5) is 0 Å². The highest BCUT2D eigenvalue weighted by atomic mass is 16.6. The van der Waals surface area contributed by atoms with E-state index >= 15 is 0 Å². The van der Waals surface area contributed by atoms with Gasteiger partial charge in [-0.2, -0.15) is 0 Å². The van der Waals surface area contributed by atoms with E-state index in [4.69, 9.17) is 9.15 Å². The second-order valence-corrected chi connectivity index (χ2v) is 4.11. The standard InChI is InChI=1S/C16H11NO3/c18-16-13(9-4-8-12-6-2-1-3-7-12)17-15(20-16)14-10-5-11-19-14/h1-11H/b8-4-,13-9+. The van der Waals surface area contributed by atoms with Crippen LogP contribution in [0.5, 0.6) is 0 Å². The van der Waals surface area contributed by atoms with Crippen LogP contribution in [0.25, 0.3) is 6.08 Å². The lowest BCUT2D eigenvalue weighted by Gasteiger charge is -1.91. The number of furan rings is 1. The summed E-state index contributed by atoms with van der Waals surface area (Å²) in [6, 6.07) is 13.2. The van der Waals surface area contributed by atoms with Gasteiger partial charge in [0.15, 0.2) is 11.5 Å². The summed E-state index contributed by atoms with van der Waals surface area (Å²) in [4.78, 5) is 15.7. The van der Waals surface area contributed by atoms with E-state index in [-0.39, 0.29) is 11.6 Å². The molecule has 4 heteroatoms. The number of esters is 1. The van der Waals surface area contributed by atoms with E-state index in [1.54, 1.807) is 24.3 Å². The van der Waals surface area contributed by atoms with E-state index in [1.807, 2.05) is 36.4 Å². The minimum absolute atomic E-state index is 0.194. The minimum Gasteiger partial charge on any atom is -0.459 e. The Bertz CT molecular complexity index is 695. The number of hydrogen-bond acceptors (Lipinski definition) is 4. The first kappa shape index (κ1) is 12.2. The van der Waals surface area contributed by atoms with Gasteiger partial charge in [0.05, 0.1) is 6.26 Å². The lowest BCUT2D eigenvalue weighted by molar-refractivity contribution is -0.130. The summed E-state index contributed by atoms with van der Waals surface area (Å²) in [5.41, 5.74) is 1.30. The summed E-state index contributed by atoms with van der Waals surface area (Å²) >= 11 is 0. The second kappa shape index (κ2) is 5.40. The Morgan fingerprint density at radius 3 is 2.65 bits per heavy atom. The molecule has 20 heavy (non-hydrogen) atoms. The van der Waals surface area contributed by atoms with Crippen LogP contribution >= 0.6 is 0 Å². The molecule has 2 aromatic rings. The van der Waals surface area contributed by atoms with Crippen molar-refractivity contribution in [1.29, 1.82) is 0 Å². The van der Waals surface area contributed by atoms with Gasteiger partial charge in [0.1, 0.15) is 0 Å². The first-order valence-electron chi connectivity index (χ1n) is 6.11. The molecule has 0 N–H and O–H groups in total. The first-order chi connectivity index (χ1) is 9.83. The number of rotatable bonds is 3. The number of nitrogens with zero attached hydrogens (tertiary/aromatic N) is 1. The van der Waals surface area contributed by atoms with Crippen LogP contribution in [-0.4, -0.2) is 11.9 Å². The average Bonchev–Trinajstić information content (AvgIpc) is 3.10. The lowest BCUT2D eigenvalue weighted by Crippen LogP contribution is -2.03. The third-order valence-corrected chi connectivity index (χ3v) is 2.69. The van der Waals surface area contributed by atoms with E-state index in [1.165, 1.54) is 6.26 Å². The number of benzene rings is 1. The van der Waals surface area contributed by atoms with Crippen LogP contribution in [0.3, 0.4) is 0 Å². The Balaban J connectivity index is 1.78. The number of allylic oxidation sites excluding steroid dienone is 2. The van der Waals surface area contributed by atoms with Gasteiger partial charge in [-0.3, -0.25) is 0 Å². The van der Waals surface area contributed by atoms with Crippen LogP contribution < -0.4 is 0 Å². The monoisotopic (exact) mass is 265 g/mol. The van der Waals surface area contributed by atoms with E-state index in [0.717, 1.165) is 5.56 Å². The lowest BCUT2D eigenvalue weighted by atomic mass is 10.2. The van der Waals surface area contributed by atoms with Gasteiger partial charge in [0, 0.05) is 0 Å². The summed E-state index contributed by atoms with van der Waals surface area (Å²) in [6.07, 6.45) is 6.77. The molecular formula is C16H11NO3. The summed E-state index contributed by atoms with van der Waals surface area (Å²) in [6.45, 7) is 0. The number of aliphatic imine (C=N–C) groups is 1. The van der Waals surface area contributed by atoms with Crippen LogP contribution in [0, 0.1) is 0 Å². The predicted octanol–water partition coefficient (Wildman–Crippen LogP) is 3.18. The quantitative estimate of drug-likeness (QED) is 0.632. The second-order valence-electron chi connectivity index (χ2n) is 4.11. The number of hydrogen-bond donors (Lipinski definition) is 0. The molecule has 0 bridgehead atoms. The Kier molecular flexibility index (Phi) is 3.29. The van der Waals surface area contributed by atoms with Crippen molar-refractivity contribution < 1.29 is 13.9 Å². The van der Waals surface area contributed by atoms with Crippen LogP contribution in [0.15, 0.2) is 76.0 Å².